The van der Waals surface area contributed by atoms with Gasteiger partial charge in [-0.2, -0.15) is 0 Å². The van der Waals surface area contributed by atoms with Gasteiger partial charge in [-0.05, 0) is 32.9 Å². The van der Waals surface area contributed by atoms with Crippen LogP contribution in [0.15, 0.2) is 42.5 Å². The van der Waals surface area contributed by atoms with Crippen LogP contribution >= 0.6 is 0 Å². The highest BCUT2D eigenvalue weighted by molar-refractivity contribution is 6.00. The normalized spacial score (nSPS) is 20.5. The number of alkyl carbamates (subject to hydrolysis) is 1. The Morgan fingerprint density at radius 1 is 1.25 bits per heavy atom. The Morgan fingerprint density at radius 3 is 2.46 bits per heavy atom. The van der Waals surface area contributed by atoms with Crippen molar-refractivity contribution < 1.29 is 14.3 Å². The minimum absolute atomic E-state index is 0.151. The molecule has 5 heteroatoms. The van der Waals surface area contributed by atoms with E-state index in [0.717, 1.165) is 5.69 Å². The number of para-hydroxylation sites is 1. The number of carbonyl (C=O) groups excluding carboxylic acids is 2. The maximum absolute atomic E-state index is 13.1. The van der Waals surface area contributed by atoms with Crippen molar-refractivity contribution in [2.45, 2.75) is 46.3 Å². The van der Waals surface area contributed by atoms with Crippen LogP contribution < -0.4 is 10.2 Å². The second kappa shape index (κ2) is 6.67. The molecule has 0 saturated heterocycles. The molecule has 0 aromatic heterocycles. The fourth-order valence-corrected chi connectivity index (χ4v) is 2.64. The second-order valence-electron chi connectivity index (χ2n) is 7.59. The van der Waals surface area contributed by atoms with E-state index in [-0.39, 0.29) is 5.91 Å². The van der Waals surface area contributed by atoms with Gasteiger partial charge in [0.1, 0.15) is 11.6 Å². The number of rotatable bonds is 2. The summed E-state index contributed by atoms with van der Waals surface area (Å²) in [5.41, 5.74) is -0.324. The number of hydrogen-bond acceptors (Lipinski definition) is 3. The van der Waals surface area contributed by atoms with E-state index in [9.17, 15) is 9.59 Å². The summed E-state index contributed by atoms with van der Waals surface area (Å²) in [6.45, 7) is 9.71. The van der Waals surface area contributed by atoms with Gasteiger partial charge in [-0.1, -0.05) is 44.2 Å². The molecule has 5 nitrogen and oxygen atoms in total. The monoisotopic (exact) mass is 330 g/mol. The van der Waals surface area contributed by atoms with Gasteiger partial charge in [0.05, 0.1) is 0 Å². The quantitative estimate of drug-likeness (QED) is 0.844. The van der Waals surface area contributed by atoms with Gasteiger partial charge < -0.3 is 15.0 Å². The fourth-order valence-electron chi connectivity index (χ4n) is 2.64. The second-order valence-corrected chi connectivity index (χ2v) is 7.59. The molecule has 1 N–H and O–H groups in total. The number of amides is 2. The minimum atomic E-state index is -0.702. The van der Waals surface area contributed by atoms with Gasteiger partial charge >= 0.3 is 6.09 Å². The first-order valence-electron chi connectivity index (χ1n) is 8.14. The maximum Gasteiger partial charge on any atom is 0.408 e. The number of nitrogens with one attached hydrogen (secondary N) is 1. The van der Waals surface area contributed by atoms with Crippen molar-refractivity contribution in [3.8, 4) is 0 Å². The Bertz CT molecular complexity index is 630. The molecule has 0 fully saturated rings. The zero-order valence-corrected chi connectivity index (χ0v) is 15.0. The first-order valence-corrected chi connectivity index (χ1v) is 8.14. The first-order chi connectivity index (χ1) is 11.1. The molecule has 1 unspecified atom stereocenters. The molecule has 0 radical (unpaired) electrons. The molecule has 0 aliphatic carbocycles. The Kier molecular flexibility index (Phi) is 5.02. The van der Waals surface area contributed by atoms with Crippen molar-refractivity contribution in [1.82, 2.24) is 5.32 Å². The largest absolute Gasteiger partial charge is 0.444 e. The summed E-state index contributed by atoms with van der Waals surface area (Å²) in [5.74, 6) is -0.151. The molecule has 1 aliphatic rings. The number of carbonyl (C=O) groups is 2. The van der Waals surface area contributed by atoms with Crippen molar-refractivity contribution >= 4 is 17.7 Å². The molecule has 0 spiro atoms. The van der Waals surface area contributed by atoms with Crippen LogP contribution in [-0.4, -0.2) is 30.2 Å². The maximum atomic E-state index is 13.1. The summed E-state index contributed by atoms with van der Waals surface area (Å²) >= 11 is 0. The van der Waals surface area contributed by atoms with Crippen LogP contribution in [0.4, 0.5) is 10.5 Å². The van der Waals surface area contributed by atoms with E-state index in [0.29, 0.717) is 6.54 Å². The molecule has 0 saturated carbocycles. The molecule has 1 aliphatic heterocycles. The predicted molar refractivity (Wildman–Crippen MR) is 94.9 cm³/mol. The molecule has 1 heterocycles. The Labute approximate surface area is 143 Å². The van der Waals surface area contributed by atoms with Crippen LogP contribution in [0.2, 0.25) is 0 Å². The first kappa shape index (κ1) is 18.0. The van der Waals surface area contributed by atoms with Crippen LogP contribution in [0.1, 0.15) is 34.6 Å². The summed E-state index contributed by atoms with van der Waals surface area (Å²) in [6.07, 6.45) is 3.34. The topological polar surface area (TPSA) is 58.6 Å². The van der Waals surface area contributed by atoms with Gasteiger partial charge in [0.25, 0.3) is 5.91 Å². The predicted octanol–water partition coefficient (Wildman–Crippen LogP) is 3.51. The standard InChI is InChI=1S/C19H26N2O3/c1-18(2,3)24-17(23)20-15-16(22)21(13-9-12-19(15,4)5)14-10-7-6-8-11-14/h6-12,15H,13H2,1-5H3,(H,20,23). The number of ether oxygens (including phenoxy) is 1. The van der Waals surface area contributed by atoms with Gasteiger partial charge in [-0.15, -0.1) is 0 Å². The Hall–Kier alpha value is -2.30. The van der Waals surface area contributed by atoms with Crippen LogP contribution in [0, 0.1) is 5.41 Å². The third kappa shape index (κ3) is 4.37. The third-order valence-electron chi connectivity index (χ3n) is 3.82. The molecule has 24 heavy (non-hydrogen) atoms. The van der Waals surface area contributed by atoms with Crippen molar-refractivity contribution in [2.24, 2.45) is 5.41 Å². The summed E-state index contributed by atoms with van der Waals surface area (Å²) in [4.78, 5) is 26.9. The van der Waals surface area contributed by atoms with Gasteiger partial charge in [-0.3, -0.25) is 4.79 Å². The highest BCUT2D eigenvalue weighted by Crippen LogP contribution is 2.29. The number of anilines is 1. The van der Waals surface area contributed by atoms with Gasteiger partial charge in [-0.25, -0.2) is 4.79 Å². The van der Waals surface area contributed by atoms with E-state index in [1.807, 2.05) is 56.3 Å². The molecular formula is C19H26N2O3. The van der Waals surface area contributed by atoms with Crippen molar-refractivity contribution in [3.63, 3.8) is 0 Å². The molecule has 1 aromatic carbocycles. The van der Waals surface area contributed by atoms with E-state index >= 15 is 0 Å². The Balaban J connectivity index is 2.26. The lowest BCUT2D eigenvalue weighted by Crippen LogP contribution is -2.55. The highest BCUT2D eigenvalue weighted by atomic mass is 16.6. The van der Waals surface area contributed by atoms with Gasteiger partial charge in [0.2, 0.25) is 0 Å². The molecule has 2 rings (SSSR count). The molecule has 0 bridgehead atoms. The molecular weight excluding hydrogens is 304 g/mol. The summed E-state index contributed by atoms with van der Waals surface area (Å²) in [7, 11) is 0. The molecule has 1 atom stereocenters. The Morgan fingerprint density at radius 2 is 1.88 bits per heavy atom. The van der Waals surface area contributed by atoms with Crippen LogP contribution in [0.3, 0.4) is 0 Å². The summed E-state index contributed by atoms with van der Waals surface area (Å²) < 4.78 is 5.32. The number of benzene rings is 1. The lowest BCUT2D eigenvalue weighted by Gasteiger charge is -2.33. The van der Waals surface area contributed by atoms with E-state index < -0.39 is 23.2 Å². The van der Waals surface area contributed by atoms with Crippen molar-refractivity contribution in [1.29, 1.82) is 0 Å². The average Bonchev–Trinajstić information content (AvgIpc) is 2.57. The number of nitrogens with zero attached hydrogens (tertiary/aromatic N) is 1. The lowest BCUT2D eigenvalue weighted by atomic mass is 9.84. The van der Waals surface area contributed by atoms with Crippen LogP contribution in [0.5, 0.6) is 0 Å². The van der Waals surface area contributed by atoms with Crippen molar-refractivity contribution in [3.05, 3.63) is 42.5 Å². The summed E-state index contributed by atoms with van der Waals surface area (Å²) in [6, 6.07) is 8.74. The van der Waals surface area contributed by atoms with Crippen LogP contribution in [0.25, 0.3) is 0 Å². The lowest BCUT2D eigenvalue weighted by molar-refractivity contribution is -0.122. The minimum Gasteiger partial charge on any atom is -0.444 e. The molecule has 1 aromatic rings. The van der Waals surface area contributed by atoms with Crippen LogP contribution in [-0.2, 0) is 9.53 Å². The van der Waals surface area contributed by atoms with E-state index in [2.05, 4.69) is 5.32 Å². The number of hydrogen-bond donors (Lipinski definition) is 1. The van der Waals surface area contributed by atoms with E-state index in [4.69, 9.17) is 4.74 Å². The zero-order valence-electron chi connectivity index (χ0n) is 15.0. The van der Waals surface area contributed by atoms with Crippen molar-refractivity contribution in [2.75, 3.05) is 11.4 Å². The SMILES string of the molecule is CC(C)(C)OC(=O)NC1C(=O)N(c2ccccc2)CC=CC1(C)C. The smallest absolute Gasteiger partial charge is 0.408 e. The van der Waals surface area contributed by atoms with E-state index in [1.165, 1.54) is 0 Å². The zero-order chi connectivity index (χ0) is 18.0. The van der Waals surface area contributed by atoms with Gasteiger partial charge in [0, 0.05) is 17.6 Å². The van der Waals surface area contributed by atoms with Gasteiger partial charge in [0.15, 0.2) is 0 Å². The molecule has 130 valence electrons. The van der Waals surface area contributed by atoms with E-state index in [1.54, 1.807) is 25.7 Å². The third-order valence-corrected chi connectivity index (χ3v) is 3.82. The fraction of sp³-hybridized carbons (Fsp3) is 0.474. The molecule has 2 amide bonds. The summed E-state index contributed by atoms with van der Waals surface area (Å²) in [5, 5.41) is 2.75. The highest BCUT2D eigenvalue weighted by Gasteiger charge is 2.40. The average molecular weight is 330 g/mol.